The van der Waals surface area contributed by atoms with Crippen molar-refractivity contribution in [2.24, 2.45) is 5.92 Å². The first kappa shape index (κ1) is 101. The fraction of sp³-hybridized carbons (Fsp3) is 0.220. The molecule has 0 saturated heterocycles. The van der Waals surface area contributed by atoms with Crippen LogP contribution in [-0.4, -0.2) is 0 Å². The number of hydrogen-bond donors (Lipinski definition) is 0. The van der Waals surface area contributed by atoms with Crippen LogP contribution < -0.4 is 19.6 Å². The van der Waals surface area contributed by atoms with Crippen LogP contribution in [0.4, 0.5) is 22.7 Å². The quantitative estimate of drug-likeness (QED) is 0.117. The Hall–Kier alpha value is -8.76. The molecule has 8 heterocycles. The van der Waals surface area contributed by atoms with Crippen molar-refractivity contribution in [3.05, 3.63) is 417 Å². The van der Waals surface area contributed by atoms with Gasteiger partial charge in [0.05, 0.1) is 0 Å². The molecule has 14 aromatic carbocycles. The zero-order valence-electron chi connectivity index (χ0n) is 81.0. The van der Waals surface area contributed by atoms with Crippen molar-refractivity contribution in [1.29, 1.82) is 0 Å². The summed E-state index contributed by atoms with van der Waals surface area (Å²) >= 11 is 7.35. The first-order valence-corrected chi connectivity index (χ1v) is 49.9. The third-order valence-electron chi connectivity index (χ3n) is 27.3. The van der Waals surface area contributed by atoms with Gasteiger partial charge < -0.3 is 19.6 Å². The largest absolute Gasteiger partial charge is 0.503 e. The maximum atomic E-state index is 3.67. The summed E-state index contributed by atoms with van der Waals surface area (Å²) in [6.45, 7) is 49.3. The predicted molar refractivity (Wildman–Crippen MR) is 571 cm³/mol. The third kappa shape index (κ3) is 18.4. The van der Waals surface area contributed by atoms with Gasteiger partial charge >= 0.3 is 0 Å². The molecule has 0 aliphatic carbocycles. The van der Waals surface area contributed by atoms with E-state index in [1.807, 2.05) is 47.0 Å². The molecule has 0 fully saturated rings. The van der Waals surface area contributed by atoms with E-state index in [0.29, 0.717) is 29.6 Å². The first-order valence-electron chi connectivity index (χ1n) is 46.4. The van der Waals surface area contributed by atoms with Crippen LogP contribution in [0.1, 0.15) is 221 Å². The number of hydrogen-bond acceptors (Lipinski definition) is 8. The predicted octanol–water partition coefficient (Wildman–Crippen LogP) is 35.3. The van der Waals surface area contributed by atoms with Gasteiger partial charge in [-0.2, -0.15) is 113 Å². The van der Waals surface area contributed by atoms with E-state index in [2.05, 4.69) is 456 Å². The van der Waals surface area contributed by atoms with Crippen LogP contribution in [0.3, 0.4) is 0 Å². The molecule has 12 heteroatoms. The second-order valence-corrected chi connectivity index (χ2v) is 41.6. The van der Waals surface area contributed by atoms with Crippen molar-refractivity contribution >= 4 is 107 Å². The molecule has 14 aromatic rings. The molecular formula is C123H114Ir4N4S4-8. The van der Waals surface area contributed by atoms with E-state index < -0.39 is 0 Å². The van der Waals surface area contributed by atoms with Crippen molar-refractivity contribution in [2.75, 3.05) is 19.6 Å². The zero-order valence-corrected chi connectivity index (χ0v) is 93.8. The van der Waals surface area contributed by atoms with Gasteiger partial charge in [-0.1, -0.05) is 333 Å². The molecule has 4 nitrogen and oxygen atoms in total. The van der Waals surface area contributed by atoms with E-state index in [-0.39, 0.29) is 80.4 Å². The van der Waals surface area contributed by atoms with Gasteiger partial charge in [0.25, 0.3) is 0 Å². The Morgan fingerprint density at radius 2 is 0.541 bits per heavy atom. The molecule has 0 unspecified atom stereocenters. The molecule has 0 amide bonds. The molecule has 0 N–H and O–H groups in total. The standard InChI is InChI=1S/C32H27NS.C31H25NS.C31H33NS.C29H29NS.4Ir/c1-19-12-15-28-27(16-19)26-17-24(29-20(2)8-6-9-21(29)3)13-14-25(26)31-32(34-18-33(28)31)30-22(4)10-7-11-23(30)5;1-19-9-7-10-20(2)28(19)23-15-16-27-26(17-23)24-13-5-6-14-25(24)30-31(33-18-32(27)30)29-21(3)11-8-12-22(29)4;1-18(2)23-9-8-10-24(19(3)4)29(23)22-12-13-25-26(16-22)27-15-21(7)11-14-28(27)32-17-33-31(20(5)6)30(25)32;1-17(2)21-10-12-23-24-14-22(18(3)4)11-13-26(24)30-16-31-29(28(30)25(23)15-21)27-19(5)8-7-9-20(27)6;;;;/h6-14,16-18H,1-5H3;5-15,17-18H,1-4H3;8-13,15-20H,1-7H3;7-12,14-18H,1-6H3;;;;/q4*-2;;;;. The number of fused-ring (bicyclic) bond motifs is 24. The summed E-state index contributed by atoms with van der Waals surface area (Å²) in [6.07, 6.45) is 0. The third-order valence-corrected chi connectivity index (χ3v) is 31.4. The number of rotatable bonds is 11. The molecule has 694 valence electrons. The zero-order chi connectivity index (χ0) is 91.5. The van der Waals surface area contributed by atoms with Crippen LogP contribution in [0.2, 0.25) is 0 Å². The van der Waals surface area contributed by atoms with E-state index in [1.54, 1.807) is 0 Å². The van der Waals surface area contributed by atoms with Crippen molar-refractivity contribution < 1.29 is 80.4 Å². The molecule has 4 radical (unpaired) electrons. The van der Waals surface area contributed by atoms with Crippen molar-refractivity contribution in [3.8, 4) is 77.9 Å². The number of benzene rings is 14. The number of anilines is 4. The Kier molecular flexibility index (Phi) is 30.8. The van der Waals surface area contributed by atoms with Crippen LogP contribution in [0.25, 0.3) is 115 Å². The Balaban J connectivity index is 0.000000136. The smallest absolute Gasteiger partial charge is 0.0293 e. The van der Waals surface area contributed by atoms with Gasteiger partial charge in [0.1, 0.15) is 0 Å². The Morgan fingerprint density at radius 1 is 0.230 bits per heavy atom. The van der Waals surface area contributed by atoms with E-state index in [0.717, 1.165) is 17.1 Å². The molecule has 22 rings (SSSR count). The van der Waals surface area contributed by atoms with E-state index in [4.69, 9.17) is 0 Å². The van der Waals surface area contributed by atoms with Crippen LogP contribution >= 0.6 is 47.0 Å². The second-order valence-electron chi connectivity index (χ2n) is 38.1. The van der Waals surface area contributed by atoms with Gasteiger partial charge in [-0.05, 0) is 226 Å². The SMILES string of the molecule is Cc1c[c-]c2c(c1)-c1cc(-c3c(C(C)C)cccc3C(C)C)ccc1C1=C(C(C)C)S[CH-]N12.Cc1c[c-]c2c(c1)-c1cc(-c3c(C)cccc3C)ccc1C1=C(c3c(C)cccc3C)S[CH-]N12.Cc1cccc(C)c1C1=C2c3cc(C(C)C)ccc3-c3cc(C(C)C)c[c-]c3N2[CH-]S1.Cc1cccc(C)c1C1=C2c3ccccc3-c3cc(-c4c(C)cccc4C)c[c-]c3N2[CH-]S1.[Ir].[Ir].[Ir].[Ir]. The molecule has 8 aliphatic heterocycles. The Bertz CT molecular complexity index is 7030. The molecule has 8 aliphatic rings. The van der Waals surface area contributed by atoms with Gasteiger partial charge in [0, 0.05) is 118 Å². The summed E-state index contributed by atoms with van der Waals surface area (Å²) in [4.78, 5) is 14.9. The minimum atomic E-state index is 0. The number of thioether (sulfide) groups is 4. The molecule has 135 heavy (non-hydrogen) atoms. The van der Waals surface area contributed by atoms with Crippen molar-refractivity contribution in [2.45, 2.75) is 176 Å². The number of allylic oxidation sites excluding steroid dienone is 1. The molecule has 0 atom stereocenters. The molecule has 0 spiro atoms. The average Bonchev–Trinajstić information content (AvgIpc) is 1.66. The van der Waals surface area contributed by atoms with Crippen molar-refractivity contribution in [3.63, 3.8) is 0 Å². The van der Waals surface area contributed by atoms with Gasteiger partial charge in [-0.15, -0.1) is 27.8 Å². The van der Waals surface area contributed by atoms with Crippen LogP contribution in [0.5, 0.6) is 0 Å². The normalized spacial score (nSPS) is 14.1. The summed E-state index contributed by atoms with van der Waals surface area (Å²) in [6, 6.07) is 102. The van der Waals surface area contributed by atoms with Crippen LogP contribution in [0, 0.1) is 137 Å². The van der Waals surface area contributed by atoms with Crippen molar-refractivity contribution in [1.82, 2.24) is 0 Å². The monoisotopic (exact) mass is 2550 g/mol. The summed E-state index contributed by atoms with van der Waals surface area (Å²) in [7, 11) is 0. The van der Waals surface area contributed by atoms with Gasteiger partial charge in [0.15, 0.2) is 0 Å². The summed E-state index contributed by atoms with van der Waals surface area (Å²) < 4.78 is 0. The average molecular weight is 2550 g/mol. The maximum absolute atomic E-state index is 3.67. The Morgan fingerprint density at radius 3 is 0.963 bits per heavy atom. The van der Waals surface area contributed by atoms with Gasteiger partial charge in [-0.25, -0.2) is 0 Å². The van der Waals surface area contributed by atoms with E-state index in [9.17, 15) is 0 Å². The van der Waals surface area contributed by atoms with Crippen LogP contribution in [-0.2, 0) is 80.4 Å². The van der Waals surface area contributed by atoms with E-state index >= 15 is 0 Å². The number of aryl methyl sites for hydroxylation is 12. The van der Waals surface area contributed by atoms with Gasteiger partial charge in [0.2, 0.25) is 0 Å². The second kappa shape index (κ2) is 41.3. The Labute approximate surface area is 875 Å². The topological polar surface area (TPSA) is 13.0 Å². The fourth-order valence-electron chi connectivity index (χ4n) is 20.7. The molecule has 0 saturated carbocycles. The summed E-state index contributed by atoms with van der Waals surface area (Å²) in [5.41, 5.74) is 58.5. The van der Waals surface area contributed by atoms with Crippen LogP contribution in [0.15, 0.2) is 241 Å². The molecule has 0 aromatic heterocycles. The molecule has 0 bridgehead atoms. The summed E-state index contributed by atoms with van der Waals surface area (Å²) in [5.74, 6) is 11.5. The van der Waals surface area contributed by atoms with Gasteiger partial charge in [-0.3, -0.25) is 47.0 Å². The van der Waals surface area contributed by atoms with E-state index in [1.165, 1.54) is 254 Å². The number of nitrogens with zero attached hydrogens (tertiary/aromatic N) is 4. The fourth-order valence-corrected chi connectivity index (χ4v) is 25.3. The minimum Gasteiger partial charge on any atom is -0.503 e. The first-order chi connectivity index (χ1) is 63.1. The molecular weight excluding hydrogens is 2430 g/mol. The summed E-state index contributed by atoms with van der Waals surface area (Å²) in [5, 5.41) is 0. The minimum absolute atomic E-state index is 0. The maximum Gasteiger partial charge on any atom is 0.0293 e.